The van der Waals surface area contributed by atoms with E-state index in [1.54, 1.807) is 0 Å². The van der Waals surface area contributed by atoms with Gasteiger partial charge in [-0.25, -0.2) is 4.39 Å². The highest BCUT2D eigenvalue weighted by Gasteiger charge is 2.25. The Labute approximate surface area is 139 Å². The number of nitrogens with two attached hydrogens (primary N) is 1. The summed E-state index contributed by atoms with van der Waals surface area (Å²) in [6.07, 6.45) is 2.20. The summed E-state index contributed by atoms with van der Waals surface area (Å²) in [6.45, 7) is 3.83. The van der Waals surface area contributed by atoms with E-state index in [-0.39, 0.29) is 11.4 Å². The number of amides is 1. The molecule has 1 aromatic heterocycles. The van der Waals surface area contributed by atoms with Gasteiger partial charge in [0.1, 0.15) is 5.82 Å². The van der Waals surface area contributed by atoms with Crippen molar-refractivity contribution in [3.8, 4) is 0 Å². The Balaban J connectivity index is 2.07. The van der Waals surface area contributed by atoms with Crippen molar-refractivity contribution in [2.24, 2.45) is 11.7 Å². The number of rotatable bonds is 2. The molecule has 1 aliphatic rings. The third-order valence-electron chi connectivity index (χ3n) is 4.95. The molecule has 2 aromatic carbocycles. The molecule has 24 heavy (non-hydrogen) atoms. The van der Waals surface area contributed by atoms with E-state index < -0.39 is 5.91 Å². The van der Waals surface area contributed by atoms with Crippen molar-refractivity contribution in [2.75, 3.05) is 18.0 Å². The van der Waals surface area contributed by atoms with Crippen molar-refractivity contribution < 1.29 is 9.18 Å². The highest BCUT2D eigenvalue weighted by atomic mass is 19.1. The average molecular weight is 325 g/mol. The van der Waals surface area contributed by atoms with E-state index in [1.807, 2.05) is 24.3 Å². The molecule has 1 unspecified atom stereocenters. The minimum atomic E-state index is -0.621. The Hall–Kier alpha value is -2.56. The number of nitrogens with zero attached hydrogens (tertiary/aromatic N) is 1. The number of H-pyrrole nitrogens is 1. The first-order valence-electron chi connectivity index (χ1n) is 8.34. The summed E-state index contributed by atoms with van der Waals surface area (Å²) in [6, 6.07) is 9.00. The molecule has 1 saturated heterocycles. The summed E-state index contributed by atoms with van der Waals surface area (Å²) in [4.78, 5) is 17.2. The Morgan fingerprint density at radius 2 is 2.17 bits per heavy atom. The predicted molar refractivity (Wildman–Crippen MR) is 94.9 cm³/mol. The molecule has 4 rings (SSSR count). The quantitative estimate of drug-likeness (QED) is 0.753. The highest BCUT2D eigenvalue weighted by Crippen LogP contribution is 2.39. The number of aromatic amines is 1. The number of halogens is 1. The van der Waals surface area contributed by atoms with Gasteiger partial charge in [-0.15, -0.1) is 0 Å². The molecule has 5 heteroatoms. The maximum atomic E-state index is 15.0. The van der Waals surface area contributed by atoms with Crippen LogP contribution in [-0.2, 0) is 0 Å². The first-order chi connectivity index (χ1) is 11.6. The Bertz CT molecular complexity index is 947. The second kappa shape index (κ2) is 5.51. The van der Waals surface area contributed by atoms with Gasteiger partial charge in [0, 0.05) is 29.4 Å². The first kappa shape index (κ1) is 15.0. The molecule has 0 bridgehead atoms. The van der Waals surface area contributed by atoms with Crippen molar-refractivity contribution in [3.05, 3.63) is 41.7 Å². The monoisotopic (exact) mass is 325 g/mol. The van der Waals surface area contributed by atoms with Gasteiger partial charge < -0.3 is 15.6 Å². The topological polar surface area (TPSA) is 62.1 Å². The van der Waals surface area contributed by atoms with Crippen molar-refractivity contribution in [3.63, 3.8) is 0 Å². The van der Waals surface area contributed by atoms with Gasteiger partial charge in [-0.2, -0.15) is 0 Å². The molecule has 124 valence electrons. The normalized spacial score (nSPS) is 18.4. The lowest BCUT2D eigenvalue weighted by atomic mass is 9.97. The molecule has 0 saturated carbocycles. The number of primary amides is 1. The molecule has 1 amide bonds. The van der Waals surface area contributed by atoms with Crippen molar-refractivity contribution in [1.29, 1.82) is 0 Å². The second-order valence-electron chi connectivity index (χ2n) is 6.73. The number of benzene rings is 2. The van der Waals surface area contributed by atoms with Gasteiger partial charge in [-0.05, 0) is 30.9 Å². The fourth-order valence-electron chi connectivity index (χ4n) is 3.87. The number of piperidine rings is 1. The Morgan fingerprint density at radius 3 is 2.92 bits per heavy atom. The van der Waals surface area contributed by atoms with Gasteiger partial charge in [0.25, 0.3) is 5.91 Å². The summed E-state index contributed by atoms with van der Waals surface area (Å²) < 4.78 is 15.0. The van der Waals surface area contributed by atoms with Gasteiger partial charge in [-0.1, -0.05) is 25.1 Å². The summed E-state index contributed by atoms with van der Waals surface area (Å²) in [5, 5.41) is 1.68. The van der Waals surface area contributed by atoms with E-state index in [4.69, 9.17) is 5.73 Å². The van der Waals surface area contributed by atoms with Crippen LogP contribution in [-0.4, -0.2) is 24.0 Å². The number of aromatic nitrogens is 1. The molecule has 0 radical (unpaired) electrons. The molecule has 0 aliphatic carbocycles. The third-order valence-corrected chi connectivity index (χ3v) is 4.95. The van der Waals surface area contributed by atoms with Gasteiger partial charge in [0.2, 0.25) is 0 Å². The number of carbonyl (C=O) groups is 1. The van der Waals surface area contributed by atoms with Crippen LogP contribution in [0.1, 0.15) is 30.1 Å². The lowest BCUT2D eigenvalue weighted by Crippen LogP contribution is -2.35. The fourth-order valence-corrected chi connectivity index (χ4v) is 3.87. The molecule has 1 atom stereocenters. The molecule has 2 heterocycles. The van der Waals surface area contributed by atoms with Crippen molar-refractivity contribution in [2.45, 2.75) is 19.8 Å². The maximum Gasteiger partial charge on any atom is 0.250 e. The van der Waals surface area contributed by atoms with Crippen LogP contribution in [0.15, 0.2) is 30.3 Å². The van der Waals surface area contributed by atoms with Gasteiger partial charge >= 0.3 is 0 Å². The number of anilines is 1. The number of hydrogen-bond acceptors (Lipinski definition) is 2. The standard InChI is InChI=1S/C19H20FN3O/c1-11-5-4-8-23(10-11)18-14(20)9-13(19(21)24)17-16(18)12-6-2-3-7-15(12)22-17/h2-3,6-7,9,11,22H,4-5,8,10H2,1H3,(H2,21,24). The van der Waals surface area contributed by atoms with Crippen LogP contribution in [0.5, 0.6) is 0 Å². The third kappa shape index (κ3) is 2.23. The maximum absolute atomic E-state index is 15.0. The molecular weight excluding hydrogens is 305 g/mol. The zero-order chi connectivity index (χ0) is 16.8. The number of nitrogens with one attached hydrogen (secondary N) is 1. The Morgan fingerprint density at radius 1 is 1.38 bits per heavy atom. The fraction of sp³-hybridized carbons (Fsp3) is 0.316. The second-order valence-corrected chi connectivity index (χ2v) is 6.73. The molecule has 3 aromatic rings. The number of carbonyl (C=O) groups excluding carboxylic acids is 1. The minimum Gasteiger partial charge on any atom is -0.368 e. The molecule has 1 aliphatic heterocycles. The van der Waals surface area contributed by atoms with E-state index in [1.165, 1.54) is 6.07 Å². The van der Waals surface area contributed by atoms with Gasteiger partial charge in [0.05, 0.1) is 16.8 Å². The largest absolute Gasteiger partial charge is 0.368 e. The smallest absolute Gasteiger partial charge is 0.250 e. The lowest BCUT2D eigenvalue weighted by molar-refractivity contribution is 0.100. The van der Waals surface area contributed by atoms with E-state index in [9.17, 15) is 9.18 Å². The van der Waals surface area contributed by atoms with Crippen LogP contribution in [0.3, 0.4) is 0 Å². The highest BCUT2D eigenvalue weighted by molar-refractivity contribution is 6.19. The van der Waals surface area contributed by atoms with Crippen LogP contribution in [0.4, 0.5) is 10.1 Å². The van der Waals surface area contributed by atoms with E-state index in [0.29, 0.717) is 17.1 Å². The summed E-state index contributed by atoms with van der Waals surface area (Å²) in [7, 11) is 0. The van der Waals surface area contributed by atoms with E-state index >= 15 is 0 Å². The SMILES string of the molecule is CC1CCCN(c2c(F)cc(C(N)=O)c3[nH]c4ccccc4c23)C1. The summed E-state index contributed by atoms with van der Waals surface area (Å²) >= 11 is 0. The summed E-state index contributed by atoms with van der Waals surface area (Å²) in [5.74, 6) is -0.478. The van der Waals surface area contributed by atoms with Crippen LogP contribution in [0.25, 0.3) is 21.8 Å². The van der Waals surface area contributed by atoms with Crippen molar-refractivity contribution in [1.82, 2.24) is 4.98 Å². The molecule has 1 fully saturated rings. The Kier molecular flexibility index (Phi) is 3.44. The van der Waals surface area contributed by atoms with Crippen LogP contribution < -0.4 is 10.6 Å². The van der Waals surface area contributed by atoms with Crippen molar-refractivity contribution >= 4 is 33.4 Å². The predicted octanol–water partition coefficient (Wildman–Crippen LogP) is 3.80. The zero-order valence-corrected chi connectivity index (χ0v) is 13.6. The van der Waals surface area contributed by atoms with E-state index in [0.717, 1.165) is 42.2 Å². The lowest BCUT2D eigenvalue weighted by Gasteiger charge is -2.33. The zero-order valence-electron chi connectivity index (χ0n) is 13.6. The first-order valence-corrected chi connectivity index (χ1v) is 8.34. The molecular formula is C19H20FN3O. The van der Waals surface area contributed by atoms with Crippen LogP contribution in [0.2, 0.25) is 0 Å². The van der Waals surface area contributed by atoms with Crippen LogP contribution in [0, 0.1) is 11.7 Å². The van der Waals surface area contributed by atoms with Crippen LogP contribution >= 0.6 is 0 Å². The molecule has 0 spiro atoms. The van der Waals surface area contributed by atoms with E-state index in [2.05, 4.69) is 16.8 Å². The van der Waals surface area contributed by atoms with Gasteiger partial charge in [-0.3, -0.25) is 4.79 Å². The van der Waals surface area contributed by atoms with Gasteiger partial charge in [0.15, 0.2) is 0 Å². The average Bonchev–Trinajstić information content (AvgIpc) is 2.93. The number of fused-ring (bicyclic) bond motifs is 3. The summed E-state index contributed by atoms with van der Waals surface area (Å²) in [5.41, 5.74) is 7.77. The molecule has 4 nitrogen and oxygen atoms in total. The minimum absolute atomic E-state index is 0.201. The molecule has 3 N–H and O–H groups in total. The number of hydrogen-bond donors (Lipinski definition) is 2. The number of para-hydroxylation sites is 1.